The maximum atomic E-state index is 11.5. The Balaban J connectivity index is 2.29. The molecule has 1 amide bonds. The Morgan fingerprint density at radius 1 is 1.29 bits per heavy atom. The Kier molecular flexibility index (Phi) is 4.59. The van der Waals surface area contributed by atoms with Crippen LogP contribution in [0.15, 0.2) is 0 Å². The van der Waals surface area contributed by atoms with Crippen LogP contribution in [0, 0.1) is 0 Å². The van der Waals surface area contributed by atoms with Gasteiger partial charge >= 0.3 is 0 Å². The zero-order chi connectivity index (χ0) is 10.4. The summed E-state index contributed by atoms with van der Waals surface area (Å²) < 4.78 is 5.12. The van der Waals surface area contributed by atoms with Gasteiger partial charge in [0.1, 0.15) is 5.78 Å². The minimum Gasteiger partial charge on any atom is -0.378 e. The molecule has 1 rings (SSSR count). The molecule has 14 heavy (non-hydrogen) atoms. The van der Waals surface area contributed by atoms with E-state index in [2.05, 4.69) is 0 Å². The molecule has 80 valence electrons. The quantitative estimate of drug-likeness (QED) is 0.623. The predicted octanol–water partition coefficient (Wildman–Crippen LogP) is 0.605. The number of carbonyl (C=O) groups is 2. The molecule has 0 saturated carbocycles. The van der Waals surface area contributed by atoms with Gasteiger partial charge in [0.2, 0.25) is 5.91 Å². The number of ether oxygens (including phenoxy) is 1. The normalized spacial score (nSPS) is 16.8. The number of nitrogens with zero attached hydrogens (tertiary/aromatic N) is 1. The van der Waals surface area contributed by atoms with E-state index in [0.717, 1.165) is 6.42 Å². The molecule has 1 saturated heterocycles. The molecule has 0 aromatic rings. The molecular formula is C10H17NO3. The van der Waals surface area contributed by atoms with Crippen molar-refractivity contribution < 1.29 is 14.3 Å². The highest BCUT2D eigenvalue weighted by atomic mass is 16.5. The van der Waals surface area contributed by atoms with Crippen LogP contribution in [0.25, 0.3) is 0 Å². The lowest BCUT2D eigenvalue weighted by Crippen LogP contribution is -2.41. The molecular weight excluding hydrogens is 182 g/mol. The number of ketones is 1. The molecule has 0 unspecified atom stereocenters. The number of morpholine rings is 1. The number of hydrogen-bond acceptors (Lipinski definition) is 3. The number of carbonyl (C=O) groups excluding carboxylic acids is 2. The largest absolute Gasteiger partial charge is 0.378 e. The number of rotatable bonds is 4. The van der Waals surface area contributed by atoms with Gasteiger partial charge < -0.3 is 9.64 Å². The molecule has 0 aromatic carbocycles. The third-order valence-corrected chi connectivity index (χ3v) is 2.24. The molecule has 0 aliphatic carbocycles. The fraction of sp³-hybridized carbons (Fsp3) is 0.800. The first-order valence-electron chi connectivity index (χ1n) is 5.11. The molecule has 0 bridgehead atoms. The second kappa shape index (κ2) is 5.75. The average Bonchev–Trinajstić information content (AvgIpc) is 2.19. The van der Waals surface area contributed by atoms with E-state index < -0.39 is 0 Å². The van der Waals surface area contributed by atoms with Crippen LogP contribution in [-0.2, 0) is 14.3 Å². The summed E-state index contributed by atoms with van der Waals surface area (Å²) in [5, 5.41) is 0. The van der Waals surface area contributed by atoms with E-state index in [0.29, 0.717) is 32.7 Å². The van der Waals surface area contributed by atoms with Gasteiger partial charge in [-0.25, -0.2) is 0 Å². The van der Waals surface area contributed by atoms with Crippen LogP contribution in [0.1, 0.15) is 26.2 Å². The number of Topliss-reactive ketones (excluding diaryl/α,β-unsaturated/α-hetero) is 1. The lowest BCUT2D eigenvalue weighted by atomic mass is 10.1. The fourth-order valence-electron chi connectivity index (χ4n) is 1.46. The Bertz CT molecular complexity index is 209. The monoisotopic (exact) mass is 199 g/mol. The minimum atomic E-state index is -0.0493. The smallest absolute Gasteiger partial charge is 0.230 e. The molecule has 0 radical (unpaired) electrons. The first kappa shape index (κ1) is 11.2. The van der Waals surface area contributed by atoms with Crippen LogP contribution >= 0.6 is 0 Å². The molecule has 4 heteroatoms. The summed E-state index contributed by atoms with van der Waals surface area (Å²) in [4.78, 5) is 24.5. The summed E-state index contributed by atoms with van der Waals surface area (Å²) in [6.45, 7) is 4.37. The Morgan fingerprint density at radius 2 is 1.93 bits per heavy atom. The standard InChI is InChI=1S/C10H17NO3/c1-2-3-9(12)8-10(13)11-4-6-14-7-5-11/h2-8H2,1H3. The van der Waals surface area contributed by atoms with Gasteiger partial charge in [-0.15, -0.1) is 0 Å². The molecule has 1 fully saturated rings. The van der Waals surface area contributed by atoms with E-state index in [-0.39, 0.29) is 18.1 Å². The van der Waals surface area contributed by atoms with Crippen LogP contribution in [0.4, 0.5) is 0 Å². The zero-order valence-electron chi connectivity index (χ0n) is 8.62. The number of amides is 1. The van der Waals surface area contributed by atoms with E-state index in [9.17, 15) is 9.59 Å². The molecule has 0 N–H and O–H groups in total. The minimum absolute atomic E-state index is 0.0454. The van der Waals surface area contributed by atoms with Gasteiger partial charge in [-0.1, -0.05) is 6.92 Å². The molecule has 1 aliphatic heterocycles. The van der Waals surface area contributed by atoms with Gasteiger partial charge in [-0.3, -0.25) is 9.59 Å². The van der Waals surface area contributed by atoms with Crippen molar-refractivity contribution in [3.63, 3.8) is 0 Å². The van der Waals surface area contributed by atoms with Gasteiger partial charge in [0.25, 0.3) is 0 Å². The SMILES string of the molecule is CCCC(=O)CC(=O)N1CCOCC1. The van der Waals surface area contributed by atoms with Crippen molar-refractivity contribution in [3.05, 3.63) is 0 Å². The van der Waals surface area contributed by atoms with Crippen molar-refractivity contribution in [2.24, 2.45) is 0 Å². The van der Waals surface area contributed by atoms with Crippen molar-refractivity contribution in [2.75, 3.05) is 26.3 Å². The second-order valence-electron chi connectivity index (χ2n) is 3.46. The van der Waals surface area contributed by atoms with Crippen LogP contribution in [0.3, 0.4) is 0 Å². The van der Waals surface area contributed by atoms with Crippen LogP contribution in [0.2, 0.25) is 0 Å². The average molecular weight is 199 g/mol. The van der Waals surface area contributed by atoms with Gasteiger partial charge in [0, 0.05) is 19.5 Å². The van der Waals surface area contributed by atoms with Crippen molar-refractivity contribution in [1.29, 1.82) is 0 Å². The first-order valence-corrected chi connectivity index (χ1v) is 5.11. The van der Waals surface area contributed by atoms with Gasteiger partial charge in [-0.2, -0.15) is 0 Å². The van der Waals surface area contributed by atoms with E-state index in [1.54, 1.807) is 4.90 Å². The summed E-state index contributed by atoms with van der Waals surface area (Å²) in [5.41, 5.74) is 0. The lowest BCUT2D eigenvalue weighted by molar-refractivity contribution is -0.138. The molecule has 0 atom stereocenters. The van der Waals surface area contributed by atoms with E-state index >= 15 is 0 Å². The summed E-state index contributed by atoms with van der Waals surface area (Å²) in [6, 6.07) is 0. The van der Waals surface area contributed by atoms with Crippen molar-refractivity contribution >= 4 is 11.7 Å². The Labute approximate surface area is 84.2 Å². The predicted molar refractivity (Wildman–Crippen MR) is 51.9 cm³/mol. The van der Waals surface area contributed by atoms with Crippen molar-refractivity contribution in [3.8, 4) is 0 Å². The van der Waals surface area contributed by atoms with E-state index in [4.69, 9.17) is 4.74 Å². The first-order chi connectivity index (χ1) is 6.74. The summed E-state index contributed by atoms with van der Waals surface area (Å²) in [7, 11) is 0. The van der Waals surface area contributed by atoms with Crippen LogP contribution in [-0.4, -0.2) is 42.9 Å². The highest BCUT2D eigenvalue weighted by molar-refractivity contribution is 5.97. The van der Waals surface area contributed by atoms with Crippen LogP contribution in [0.5, 0.6) is 0 Å². The summed E-state index contributed by atoms with van der Waals surface area (Å²) in [6.07, 6.45) is 1.39. The molecule has 4 nitrogen and oxygen atoms in total. The maximum Gasteiger partial charge on any atom is 0.230 e. The van der Waals surface area contributed by atoms with Gasteiger partial charge in [0.05, 0.1) is 19.6 Å². The summed E-state index contributed by atoms with van der Waals surface area (Å²) in [5.74, 6) is -0.00394. The maximum absolute atomic E-state index is 11.5. The highest BCUT2D eigenvalue weighted by Gasteiger charge is 2.18. The zero-order valence-corrected chi connectivity index (χ0v) is 8.62. The van der Waals surface area contributed by atoms with Gasteiger partial charge in [0.15, 0.2) is 0 Å². The Hall–Kier alpha value is -0.900. The number of hydrogen-bond donors (Lipinski definition) is 0. The van der Waals surface area contributed by atoms with E-state index in [1.807, 2.05) is 6.92 Å². The third-order valence-electron chi connectivity index (χ3n) is 2.24. The summed E-state index contributed by atoms with van der Waals surface area (Å²) >= 11 is 0. The third kappa shape index (κ3) is 3.46. The second-order valence-corrected chi connectivity index (χ2v) is 3.46. The topological polar surface area (TPSA) is 46.6 Å². The molecule has 0 aromatic heterocycles. The Morgan fingerprint density at radius 3 is 2.50 bits per heavy atom. The molecule has 1 aliphatic rings. The highest BCUT2D eigenvalue weighted by Crippen LogP contribution is 2.02. The lowest BCUT2D eigenvalue weighted by Gasteiger charge is -2.26. The molecule has 1 heterocycles. The van der Waals surface area contributed by atoms with Crippen LogP contribution < -0.4 is 0 Å². The van der Waals surface area contributed by atoms with Gasteiger partial charge in [-0.05, 0) is 6.42 Å². The van der Waals surface area contributed by atoms with E-state index in [1.165, 1.54) is 0 Å². The molecule has 0 spiro atoms. The van der Waals surface area contributed by atoms with Crippen molar-refractivity contribution in [2.45, 2.75) is 26.2 Å². The van der Waals surface area contributed by atoms with Crippen molar-refractivity contribution in [1.82, 2.24) is 4.90 Å². The fourth-order valence-corrected chi connectivity index (χ4v) is 1.46.